The van der Waals surface area contributed by atoms with Crippen molar-refractivity contribution in [2.45, 2.75) is 31.7 Å². The zero-order chi connectivity index (χ0) is 13.8. The number of piperidine rings is 1. The first-order chi connectivity index (χ1) is 9.08. The molecular weight excluding hydrogens is 244 g/mol. The lowest BCUT2D eigenvalue weighted by Crippen LogP contribution is -2.54. The van der Waals surface area contributed by atoms with E-state index in [4.69, 9.17) is 11.6 Å². The molecule has 19 heavy (non-hydrogen) atoms. The van der Waals surface area contributed by atoms with Gasteiger partial charge in [0.15, 0.2) is 0 Å². The molecule has 5 N–H and O–H groups in total. The molecule has 2 rings (SSSR count). The Morgan fingerprint density at radius 2 is 2.16 bits per heavy atom. The van der Waals surface area contributed by atoms with Gasteiger partial charge in [0.25, 0.3) is 5.91 Å². The van der Waals surface area contributed by atoms with Crippen LogP contribution < -0.4 is 16.9 Å². The summed E-state index contributed by atoms with van der Waals surface area (Å²) in [7, 11) is 0. The summed E-state index contributed by atoms with van der Waals surface area (Å²) < 4.78 is 0. The third-order valence-electron chi connectivity index (χ3n) is 3.02. The minimum absolute atomic E-state index is 0.261. The number of hydrogen-bond donors (Lipinski definition) is 3. The molecule has 1 aliphatic heterocycles. The van der Waals surface area contributed by atoms with Crippen LogP contribution in [-0.4, -0.2) is 22.9 Å². The normalized spacial score (nSPS) is 23.1. The zero-order valence-corrected chi connectivity index (χ0v) is 10.5. The smallest absolute Gasteiger partial charge is 0.250 e. The quantitative estimate of drug-likeness (QED) is 0.269. The molecule has 1 atom stereocenters. The highest BCUT2D eigenvalue weighted by Crippen LogP contribution is 2.15. The SMILES string of the molecule is NC1=CCC=C(N(N)C2CCC(=O)NC2=O)C#CC1. The number of carbonyl (C=O) groups is 2. The number of hydrazine groups is 1. The van der Waals surface area contributed by atoms with Crippen LogP contribution in [0.25, 0.3) is 0 Å². The minimum atomic E-state index is -0.556. The summed E-state index contributed by atoms with van der Waals surface area (Å²) in [6.45, 7) is 0. The highest BCUT2D eigenvalue weighted by molar-refractivity contribution is 6.00. The Kier molecular flexibility index (Phi) is 3.88. The van der Waals surface area contributed by atoms with E-state index in [1.165, 1.54) is 5.01 Å². The lowest BCUT2D eigenvalue weighted by molar-refractivity contribution is -0.136. The van der Waals surface area contributed by atoms with E-state index in [0.29, 0.717) is 25.0 Å². The molecule has 0 aromatic rings. The van der Waals surface area contributed by atoms with Crippen LogP contribution in [-0.2, 0) is 9.59 Å². The number of carbonyl (C=O) groups excluding carboxylic acids is 2. The molecule has 2 aliphatic rings. The molecule has 0 radical (unpaired) electrons. The lowest BCUT2D eigenvalue weighted by atomic mass is 10.0. The molecule has 0 aromatic carbocycles. The highest BCUT2D eigenvalue weighted by atomic mass is 16.2. The number of allylic oxidation sites excluding steroid dienone is 4. The summed E-state index contributed by atoms with van der Waals surface area (Å²) in [5.41, 5.74) is 7.00. The van der Waals surface area contributed by atoms with Crippen molar-refractivity contribution in [1.82, 2.24) is 10.3 Å². The number of rotatable bonds is 2. The van der Waals surface area contributed by atoms with Gasteiger partial charge >= 0.3 is 0 Å². The zero-order valence-electron chi connectivity index (χ0n) is 10.5. The summed E-state index contributed by atoms with van der Waals surface area (Å²) in [6, 6.07) is -0.556. The van der Waals surface area contributed by atoms with Gasteiger partial charge in [0.1, 0.15) is 6.04 Å². The van der Waals surface area contributed by atoms with Gasteiger partial charge in [-0.2, -0.15) is 0 Å². The van der Waals surface area contributed by atoms with E-state index in [-0.39, 0.29) is 18.2 Å². The van der Waals surface area contributed by atoms with Crippen molar-refractivity contribution in [3.05, 3.63) is 23.5 Å². The van der Waals surface area contributed by atoms with Crippen LogP contribution in [0.3, 0.4) is 0 Å². The lowest BCUT2D eigenvalue weighted by Gasteiger charge is -2.30. The molecule has 6 nitrogen and oxygen atoms in total. The fraction of sp³-hybridized carbons (Fsp3) is 0.385. The predicted octanol–water partition coefficient (Wildman–Crippen LogP) is -0.509. The topological polar surface area (TPSA) is 101 Å². The molecule has 1 heterocycles. The van der Waals surface area contributed by atoms with E-state index >= 15 is 0 Å². The second-order valence-electron chi connectivity index (χ2n) is 4.46. The molecule has 0 bridgehead atoms. The second kappa shape index (κ2) is 5.59. The van der Waals surface area contributed by atoms with Gasteiger partial charge in [0.05, 0.1) is 5.70 Å². The van der Waals surface area contributed by atoms with E-state index in [1.54, 1.807) is 0 Å². The summed E-state index contributed by atoms with van der Waals surface area (Å²) in [6.07, 6.45) is 5.49. The molecule has 0 aromatic heterocycles. The van der Waals surface area contributed by atoms with Crippen molar-refractivity contribution >= 4 is 11.8 Å². The number of nitrogens with zero attached hydrogens (tertiary/aromatic N) is 1. The molecule has 6 heteroatoms. The Labute approximate surface area is 111 Å². The van der Waals surface area contributed by atoms with Crippen LogP contribution >= 0.6 is 0 Å². The predicted molar refractivity (Wildman–Crippen MR) is 69.6 cm³/mol. The molecule has 1 saturated heterocycles. The molecule has 1 fully saturated rings. The Hall–Kier alpha value is -2.26. The van der Waals surface area contributed by atoms with E-state index in [9.17, 15) is 9.59 Å². The summed E-state index contributed by atoms with van der Waals surface area (Å²) in [5.74, 6) is 11.1. The van der Waals surface area contributed by atoms with Gasteiger partial charge in [-0.3, -0.25) is 19.9 Å². The van der Waals surface area contributed by atoms with Gasteiger partial charge in [-0.15, -0.1) is 0 Å². The Bertz CT molecular complexity index is 524. The van der Waals surface area contributed by atoms with E-state index in [2.05, 4.69) is 17.2 Å². The molecule has 1 unspecified atom stereocenters. The van der Waals surface area contributed by atoms with Crippen molar-refractivity contribution in [2.75, 3.05) is 0 Å². The minimum Gasteiger partial charge on any atom is -0.402 e. The van der Waals surface area contributed by atoms with Gasteiger partial charge in [-0.25, -0.2) is 5.84 Å². The molecule has 100 valence electrons. The number of nitrogens with two attached hydrogens (primary N) is 2. The molecule has 0 saturated carbocycles. The first kappa shape index (κ1) is 13.2. The van der Waals surface area contributed by atoms with Crippen molar-refractivity contribution in [2.24, 2.45) is 11.6 Å². The summed E-state index contributed by atoms with van der Waals surface area (Å²) in [5, 5.41) is 3.61. The average molecular weight is 260 g/mol. The van der Waals surface area contributed by atoms with Crippen LogP contribution in [0.15, 0.2) is 23.5 Å². The maximum atomic E-state index is 11.7. The van der Waals surface area contributed by atoms with E-state index in [1.807, 2.05) is 12.2 Å². The second-order valence-corrected chi connectivity index (χ2v) is 4.46. The Morgan fingerprint density at radius 3 is 2.89 bits per heavy atom. The van der Waals surface area contributed by atoms with Crippen molar-refractivity contribution < 1.29 is 9.59 Å². The number of imide groups is 1. The van der Waals surface area contributed by atoms with Gasteiger partial charge in [0.2, 0.25) is 5.91 Å². The first-order valence-electron chi connectivity index (χ1n) is 6.09. The third kappa shape index (κ3) is 3.14. The maximum absolute atomic E-state index is 11.7. The van der Waals surface area contributed by atoms with E-state index < -0.39 is 6.04 Å². The Balaban J connectivity index is 2.12. The summed E-state index contributed by atoms with van der Waals surface area (Å²) in [4.78, 5) is 22.8. The van der Waals surface area contributed by atoms with Crippen molar-refractivity contribution in [1.29, 1.82) is 0 Å². The monoisotopic (exact) mass is 260 g/mol. The largest absolute Gasteiger partial charge is 0.402 e. The van der Waals surface area contributed by atoms with Gasteiger partial charge < -0.3 is 5.73 Å². The molecule has 0 spiro atoms. The molecule has 1 aliphatic carbocycles. The fourth-order valence-corrected chi connectivity index (χ4v) is 1.97. The van der Waals surface area contributed by atoms with Gasteiger partial charge in [0, 0.05) is 18.5 Å². The molecular formula is C13H16N4O2. The highest BCUT2D eigenvalue weighted by Gasteiger charge is 2.31. The van der Waals surface area contributed by atoms with Gasteiger partial charge in [-0.05, 0) is 24.8 Å². The standard InChI is InChI=1S/C13H16N4O2/c14-9-3-1-5-10(6-2-4-9)17(15)11-7-8-12(18)16-13(11)19/h3,5,11H,1,4,7-8,14-15H2,(H,16,18,19). The maximum Gasteiger partial charge on any atom is 0.250 e. The summed E-state index contributed by atoms with van der Waals surface area (Å²) >= 11 is 0. The van der Waals surface area contributed by atoms with Gasteiger partial charge in [-0.1, -0.05) is 12.0 Å². The van der Waals surface area contributed by atoms with Crippen LogP contribution in [0.1, 0.15) is 25.7 Å². The number of amides is 2. The Morgan fingerprint density at radius 1 is 1.37 bits per heavy atom. The van der Waals surface area contributed by atoms with Crippen LogP contribution in [0.2, 0.25) is 0 Å². The van der Waals surface area contributed by atoms with Crippen LogP contribution in [0.4, 0.5) is 0 Å². The van der Waals surface area contributed by atoms with Crippen molar-refractivity contribution in [3.8, 4) is 11.8 Å². The van der Waals surface area contributed by atoms with Crippen molar-refractivity contribution in [3.63, 3.8) is 0 Å². The first-order valence-corrected chi connectivity index (χ1v) is 6.09. The molecule has 2 amide bonds. The number of nitrogens with one attached hydrogen (secondary N) is 1. The number of hydrogen-bond acceptors (Lipinski definition) is 5. The fourth-order valence-electron chi connectivity index (χ4n) is 1.97. The van der Waals surface area contributed by atoms with E-state index in [0.717, 1.165) is 5.70 Å². The third-order valence-corrected chi connectivity index (χ3v) is 3.02. The van der Waals surface area contributed by atoms with Crippen LogP contribution in [0.5, 0.6) is 0 Å². The van der Waals surface area contributed by atoms with Crippen LogP contribution in [0, 0.1) is 11.8 Å². The average Bonchev–Trinajstić information content (AvgIpc) is 2.33.